The van der Waals surface area contributed by atoms with Gasteiger partial charge in [-0.05, 0) is 82.5 Å². The Hall–Kier alpha value is -2.19. The van der Waals surface area contributed by atoms with E-state index in [4.69, 9.17) is 23.7 Å². The van der Waals surface area contributed by atoms with Crippen molar-refractivity contribution in [1.82, 2.24) is 0 Å². The molecule has 0 aromatic rings. The molecule has 3 aliphatic rings. The molecule has 1 saturated heterocycles. The van der Waals surface area contributed by atoms with Gasteiger partial charge in [-0.25, -0.2) is 0 Å². The van der Waals surface area contributed by atoms with E-state index in [0.717, 1.165) is 38.5 Å². The third-order valence-electron chi connectivity index (χ3n) is 9.04. The van der Waals surface area contributed by atoms with Crippen LogP contribution in [0.25, 0.3) is 0 Å². The van der Waals surface area contributed by atoms with Gasteiger partial charge in [0.15, 0.2) is 24.6 Å². The molecule has 0 amide bonds. The van der Waals surface area contributed by atoms with Crippen molar-refractivity contribution in [3.63, 3.8) is 0 Å². The average Bonchev–Trinajstić information content (AvgIpc) is 2.83. The molecule has 0 aromatic carbocycles. The number of fused-ring (bicyclic) bond motifs is 1. The summed E-state index contributed by atoms with van der Waals surface area (Å²) in [7, 11) is 0. The Bertz CT molecular complexity index is 950. The van der Waals surface area contributed by atoms with Gasteiger partial charge in [-0.2, -0.15) is 0 Å². The molecule has 1 aliphatic heterocycles. The molecule has 2 aliphatic carbocycles. The predicted molar refractivity (Wildman–Crippen MR) is 146 cm³/mol. The summed E-state index contributed by atoms with van der Waals surface area (Å²) in [6, 6.07) is 0. The Labute approximate surface area is 233 Å². The number of esters is 3. The van der Waals surface area contributed by atoms with Crippen LogP contribution in [-0.4, -0.2) is 55.2 Å². The number of rotatable bonds is 8. The molecular formula is C31H48O8. The highest BCUT2D eigenvalue weighted by atomic mass is 16.7. The summed E-state index contributed by atoms with van der Waals surface area (Å²) in [5.74, 6) is -0.245. The Morgan fingerprint density at radius 1 is 0.821 bits per heavy atom. The lowest BCUT2D eigenvalue weighted by Crippen LogP contribution is -2.60. The van der Waals surface area contributed by atoms with Gasteiger partial charge >= 0.3 is 17.9 Å². The molecule has 1 heterocycles. The van der Waals surface area contributed by atoms with Crippen molar-refractivity contribution in [2.75, 3.05) is 6.61 Å². The van der Waals surface area contributed by atoms with Gasteiger partial charge in [0.25, 0.3) is 0 Å². The Balaban J connectivity index is 1.80. The number of ether oxygens (including phenoxy) is 5. The van der Waals surface area contributed by atoms with Crippen molar-refractivity contribution in [2.45, 2.75) is 125 Å². The molecular weight excluding hydrogens is 500 g/mol. The smallest absolute Gasteiger partial charge is 0.303 e. The molecule has 9 atom stereocenters. The van der Waals surface area contributed by atoms with E-state index < -0.39 is 42.5 Å². The van der Waals surface area contributed by atoms with Crippen LogP contribution in [0.5, 0.6) is 0 Å². The molecule has 0 bridgehead atoms. The zero-order valence-electron chi connectivity index (χ0n) is 25.0. The second kappa shape index (κ2) is 13.4. The molecule has 0 radical (unpaired) electrons. The van der Waals surface area contributed by atoms with Gasteiger partial charge in [0.2, 0.25) is 0 Å². The summed E-state index contributed by atoms with van der Waals surface area (Å²) in [6.07, 6.45) is 6.78. The van der Waals surface area contributed by atoms with E-state index >= 15 is 0 Å². The fourth-order valence-corrected chi connectivity index (χ4v) is 6.81. The molecule has 2 saturated carbocycles. The van der Waals surface area contributed by atoms with Crippen molar-refractivity contribution in [3.8, 4) is 0 Å². The van der Waals surface area contributed by atoms with E-state index in [0.29, 0.717) is 17.8 Å². The Morgan fingerprint density at radius 3 is 2.08 bits per heavy atom. The zero-order valence-corrected chi connectivity index (χ0v) is 25.0. The first-order valence-electron chi connectivity index (χ1n) is 14.4. The standard InChI is InChI=1S/C31H48O8/c1-18(2)10-9-11-19(3)24-13-14-25-26(15-12-20(4)31(25,8)16-24)39-30-29(38-23(7)34)28(37-22(6)33)27(17-35-30)36-21(5)32/h10-11,20,24-30H,9,12-17H2,1-8H3/b19-11+/t20-,24-,25+,26-,27+,28+,29-,30-,31+/m0/s1. The first-order valence-corrected chi connectivity index (χ1v) is 14.4. The van der Waals surface area contributed by atoms with Crippen LogP contribution >= 0.6 is 0 Å². The van der Waals surface area contributed by atoms with Crippen LogP contribution in [0.15, 0.2) is 23.3 Å². The van der Waals surface area contributed by atoms with Crippen molar-refractivity contribution in [1.29, 1.82) is 0 Å². The second-order valence-electron chi connectivity index (χ2n) is 12.2. The summed E-state index contributed by atoms with van der Waals surface area (Å²) < 4.78 is 29.1. The van der Waals surface area contributed by atoms with Gasteiger partial charge in [0, 0.05) is 20.8 Å². The summed E-state index contributed by atoms with van der Waals surface area (Å²) >= 11 is 0. The fourth-order valence-electron chi connectivity index (χ4n) is 6.81. The van der Waals surface area contributed by atoms with Crippen LogP contribution < -0.4 is 0 Å². The lowest BCUT2D eigenvalue weighted by atomic mass is 9.52. The first-order chi connectivity index (χ1) is 18.3. The Kier molecular flexibility index (Phi) is 10.8. The quantitative estimate of drug-likeness (QED) is 0.217. The van der Waals surface area contributed by atoms with E-state index in [2.05, 4.69) is 46.8 Å². The molecule has 8 nitrogen and oxygen atoms in total. The highest BCUT2D eigenvalue weighted by Gasteiger charge is 2.53. The number of carbonyl (C=O) groups excluding carboxylic acids is 3. The lowest BCUT2D eigenvalue weighted by Gasteiger charge is -2.55. The van der Waals surface area contributed by atoms with Gasteiger partial charge in [-0.15, -0.1) is 0 Å². The summed E-state index contributed by atoms with van der Waals surface area (Å²) in [5.41, 5.74) is 2.90. The maximum absolute atomic E-state index is 12.1. The van der Waals surface area contributed by atoms with Crippen LogP contribution in [0, 0.1) is 23.2 Å². The topological polar surface area (TPSA) is 97.4 Å². The summed E-state index contributed by atoms with van der Waals surface area (Å²) in [4.78, 5) is 35.7. The third-order valence-corrected chi connectivity index (χ3v) is 9.04. The minimum Gasteiger partial charge on any atom is -0.456 e. The fraction of sp³-hybridized carbons (Fsp3) is 0.774. The molecule has 220 valence electrons. The largest absolute Gasteiger partial charge is 0.456 e. The maximum Gasteiger partial charge on any atom is 0.303 e. The van der Waals surface area contributed by atoms with Crippen molar-refractivity contribution >= 4 is 17.9 Å². The molecule has 8 heteroatoms. The highest BCUT2D eigenvalue weighted by Crippen LogP contribution is 2.56. The first kappa shape index (κ1) is 31.3. The maximum atomic E-state index is 12.1. The Morgan fingerprint density at radius 2 is 1.46 bits per heavy atom. The van der Waals surface area contributed by atoms with Gasteiger partial charge in [-0.1, -0.05) is 37.1 Å². The summed E-state index contributed by atoms with van der Waals surface area (Å²) in [6.45, 7) is 15.1. The number of carbonyl (C=O) groups is 3. The number of allylic oxidation sites excluding steroid dienone is 4. The monoisotopic (exact) mass is 548 g/mol. The highest BCUT2D eigenvalue weighted by molar-refractivity contribution is 5.68. The minimum absolute atomic E-state index is 0.0250. The second-order valence-corrected chi connectivity index (χ2v) is 12.2. The van der Waals surface area contributed by atoms with Gasteiger partial charge in [0.05, 0.1) is 12.7 Å². The number of hydrogen-bond acceptors (Lipinski definition) is 8. The van der Waals surface area contributed by atoms with E-state index in [1.54, 1.807) is 0 Å². The van der Waals surface area contributed by atoms with Crippen LogP contribution in [0.2, 0.25) is 0 Å². The van der Waals surface area contributed by atoms with Crippen LogP contribution in [-0.2, 0) is 38.1 Å². The molecule has 39 heavy (non-hydrogen) atoms. The molecule has 0 aromatic heterocycles. The normalized spacial score (nSPS) is 36.8. The zero-order chi connectivity index (χ0) is 28.9. The van der Waals surface area contributed by atoms with Gasteiger partial charge in [-0.3, -0.25) is 14.4 Å². The minimum atomic E-state index is -1.05. The lowest BCUT2D eigenvalue weighted by molar-refractivity contribution is -0.303. The predicted octanol–water partition coefficient (Wildman–Crippen LogP) is 5.68. The van der Waals surface area contributed by atoms with E-state index in [1.165, 1.54) is 31.9 Å². The van der Waals surface area contributed by atoms with Crippen molar-refractivity contribution < 1.29 is 38.1 Å². The van der Waals surface area contributed by atoms with Gasteiger partial charge in [0.1, 0.15) is 0 Å². The average molecular weight is 549 g/mol. The van der Waals surface area contributed by atoms with Gasteiger partial charge < -0.3 is 23.7 Å². The molecule has 0 spiro atoms. The van der Waals surface area contributed by atoms with Crippen LogP contribution in [0.1, 0.15) is 93.9 Å². The van der Waals surface area contributed by atoms with E-state index in [-0.39, 0.29) is 18.1 Å². The third kappa shape index (κ3) is 7.94. The van der Waals surface area contributed by atoms with Crippen LogP contribution in [0.3, 0.4) is 0 Å². The van der Waals surface area contributed by atoms with E-state index in [9.17, 15) is 14.4 Å². The molecule has 3 rings (SSSR count). The van der Waals surface area contributed by atoms with Crippen molar-refractivity contribution in [2.24, 2.45) is 23.2 Å². The molecule has 0 N–H and O–H groups in total. The SMILES string of the molecule is CC(=O)O[C@@H]1[C@H](O[C@H]2CC[C@H](C)[C@@]3(C)C[C@@H](/C(C)=C/CC=C(C)C)CC[C@H]23)OC[C@@H](OC(C)=O)[C@H]1OC(C)=O. The molecule has 0 unspecified atom stereocenters. The summed E-state index contributed by atoms with van der Waals surface area (Å²) in [5, 5.41) is 0. The van der Waals surface area contributed by atoms with E-state index in [1.807, 2.05) is 0 Å². The number of hydrogen-bond donors (Lipinski definition) is 0. The van der Waals surface area contributed by atoms with Crippen LogP contribution in [0.4, 0.5) is 0 Å². The molecule has 3 fully saturated rings. The van der Waals surface area contributed by atoms with Crippen molar-refractivity contribution in [3.05, 3.63) is 23.3 Å².